The Hall–Kier alpha value is -8.02. The van der Waals surface area contributed by atoms with Crippen molar-refractivity contribution in [1.29, 1.82) is 0 Å². The molecule has 542 valence electrons. The van der Waals surface area contributed by atoms with E-state index in [0.717, 1.165) is 10.5 Å². The van der Waals surface area contributed by atoms with E-state index in [0.29, 0.717) is 75.6 Å². The molecule has 6 rings (SSSR count). The third-order valence-corrected chi connectivity index (χ3v) is 20.2. The number of carbonyl (C=O) groups is 11. The summed E-state index contributed by atoms with van der Waals surface area (Å²) in [5.41, 5.74) is 6.96. The first kappa shape index (κ1) is 79.0. The van der Waals surface area contributed by atoms with E-state index in [2.05, 4.69) is 31.9 Å². The summed E-state index contributed by atoms with van der Waals surface area (Å²) < 4.78 is 42.5. The van der Waals surface area contributed by atoms with E-state index in [1.165, 1.54) is 31.3 Å². The highest BCUT2D eigenvalue weighted by Crippen LogP contribution is 2.43. The van der Waals surface area contributed by atoms with E-state index < -0.39 is 124 Å². The Bertz CT molecular complexity index is 3230. The van der Waals surface area contributed by atoms with Crippen LogP contribution in [-0.4, -0.2) is 201 Å². The van der Waals surface area contributed by atoms with Crippen LogP contribution in [0.25, 0.3) is 0 Å². The number of piperidine rings is 1. The number of ether oxygens (including phenoxy) is 3. The minimum atomic E-state index is -3.97. The predicted molar refractivity (Wildman–Crippen MR) is 365 cm³/mol. The highest BCUT2D eigenvalue weighted by molar-refractivity contribution is 7.89. The molecule has 3 heterocycles. The first-order valence-corrected chi connectivity index (χ1v) is 36.0. The molecular weight excluding hydrogens is 1280 g/mol. The van der Waals surface area contributed by atoms with Gasteiger partial charge < -0.3 is 61.6 Å². The van der Waals surface area contributed by atoms with E-state index in [4.69, 9.17) is 25.1 Å². The van der Waals surface area contributed by atoms with Gasteiger partial charge in [-0.2, -0.15) is 0 Å². The van der Waals surface area contributed by atoms with Crippen molar-refractivity contribution in [2.75, 3.05) is 52.0 Å². The average Bonchev–Trinajstić information content (AvgIpc) is 1.60. The Kier molecular flexibility index (Phi) is 30.0. The third kappa shape index (κ3) is 22.2. The van der Waals surface area contributed by atoms with E-state index in [1.807, 2.05) is 58.0 Å². The summed E-state index contributed by atoms with van der Waals surface area (Å²) in [6, 6.07) is 8.47. The van der Waals surface area contributed by atoms with Crippen molar-refractivity contribution in [1.82, 2.24) is 46.2 Å². The van der Waals surface area contributed by atoms with Crippen LogP contribution in [-0.2, 0) is 80.4 Å². The fourth-order valence-corrected chi connectivity index (χ4v) is 14.6. The number of primary sulfonamides is 1. The average molecular weight is 1390 g/mol. The topological polar surface area (TPSA) is 387 Å². The number of amides is 12. The van der Waals surface area contributed by atoms with Crippen molar-refractivity contribution < 1.29 is 75.4 Å². The molecule has 29 heteroatoms. The van der Waals surface area contributed by atoms with Gasteiger partial charge in [0.2, 0.25) is 51.4 Å². The molecule has 98 heavy (non-hydrogen) atoms. The minimum Gasteiger partial charge on any atom is -0.445 e. The van der Waals surface area contributed by atoms with Crippen LogP contribution in [0.2, 0.25) is 0 Å². The van der Waals surface area contributed by atoms with Crippen LogP contribution < -0.4 is 42.8 Å². The van der Waals surface area contributed by atoms with Gasteiger partial charge in [0.05, 0.1) is 42.4 Å². The SMILES string of the molecule is CC[C@H](C)[C@@H]([C@@H](CC(=O)N1CCC[C@H]1[C@H](OC)[C@@H](C)C(=O)N[C@@H](Cc1ccccc1)CS(N)(=O)=O)OC)N(C)C(=O)[C@@H](NC(=O)C1[C@H]2CC[C@H](C2)N1C(=O)OCc1ccc(NC(=O)[C@H](CCCNC(N)=O)NC(=O)[C@@H](NC(=O)CCCCCN2C(=O)C=CC2=O)C(C)C)cc1)C(C)C. The summed E-state index contributed by atoms with van der Waals surface area (Å²) in [5.74, 6) is -6.45. The van der Waals surface area contributed by atoms with Crippen LogP contribution in [0.15, 0.2) is 66.7 Å². The number of unbranched alkanes of at least 4 members (excludes halogenated alkanes) is 2. The second kappa shape index (κ2) is 37.2. The van der Waals surface area contributed by atoms with Gasteiger partial charge >= 0.3 is 12.1 Å². The lowest BCUT2D eigenvalue weighted by atomic mass is 9.89. The number of nitrogens with zero attached hydrogens (tertiary/aromatic N) is 4. The van der Waals surface area contributed by atoms with E-state index >= 15 is 0 Å². The number of hydrogen-bond acceptors (Lipinski definition) is 16. The van der Waals surface area contributed by atoms with Gasteiger partial charge in [0.25, 0.3) is 11.8 Å². The number of rotatable bonds is 38. The number of hydrogen-bond donors (Lipinski definition) is 8. The Morgan fingerprint density at radius 1 is 0.755 bits per heavy atom. The predicted octanol–water partition coefficient (Wildman–Crippen LogP) is 3.75. The zero-order valence-electron chi connectivity index (χ0n) is 58.3. The largest absolute Gasteiger partial charge is 0.445 e. The molecule has 12 amide bonds. The van der Waals surface area contributed by atoms with Crippen LogP contribution in [0.5, 0.6) is 0 Å². The maximum atomic E-state index is 14.9. The molecule has 10 N–H and O–H groups in total. The lowest BCUT2D eigenvalue weighted by Crippen LogP contribution is -2.60. The van der Waals surface area contributed by atoms with Crippen molar-refractivity contribution in [3.8, 4) is 0 Å². The highest BCUT2D eigenvalue weighted by Gasteiger charge is 2.53. The van der Waals surface area contributed by atoms with Crippen LogP contribution in [0, 0.1) is 29.6 Å². The number of methoxy groups -OCH3 is 2. The molecule has 0 spiro atoms. The Morgan fingerprint density at radius 2 is 1.43 bits per heavy atom. The molecule has 4 aliphatic rings. The molecule has 2 saturated heterocycles. The third-order valence-electron chi connectivity index (χ3n) is 19.3. The fraction of sp³-hybridized carbons (Fsp3) is 0.638. The molecule has 3 fully saturated rings. The fourth-order valence-electron chi connectivity index (χ4n) is 13.9. The number of likely N-dealkylation sites (tertiary alicyclic amines) is 2. The number of benzene rings is 2. The second-order valence-electron chi connectivity index (χ2n) is 27.1. The van der Waals surface area contributed by atoms with Gasteiger partial charge in [0.1, 0.15) is 30.8 Å². The lowest BCUT2D eigenvalue weighted by Gasteiger charge is -2.41. The number of carbonyl (C=O) groups excluding carboxylic acids is 11. The van der Waals surface area contributed by atoms with Crippen LogP contribution in [0.3, 0.4) is 0 Å². The molecule has 13 atom stereocenters. The van der Waals surface area contributed by atoms with Gasteiger partial charge in [-0.25, -0.2) is 23.1 Å². The quantitative estimate of drug-likeness (QED) is 0.0350. The monoisotopic (exact) mass is 1390 g/mol. The summed E-state index contributed by atoms with van der Waals surface area (Å²) in [6.45, 7) is 13.3. The molecule has 2 bridgehead atoms. The van der Waals surface area contributed by atoms with Crippen molar-refractivity contribution in [2.24, 2.45) is 40.5 Å². The number of nitrogens with two attached hydrogens (primary N) is 2. The molecule has 3 aliphatic heterocycles. The number of anilines is 1. The van der Waals surface area contributed by atoms with Crippen molar-refractivity contribution in [2.45, 2.75) is 206 Å². The first-order chi connectivity index (χ1) is 46.5. The molecular formula is C69H104N12O16S. The summed E-state index contributed by atoms with van der Waals surface area (Å²) in [4.78, 5) is 154. The van der Waals surface area contributed by atoms with Gasteiger partial charge in [0, 0.05) is 77.2 Å². The minimum absolute atomic E-state index is 0.0848. The summed E-state index contributed by atoms with van der Waals surface area (Å²) in [5, 5.41) is 22.2. The van der Waals surface area contributed by atoms with Gasteiger partial charge in [-0.1, -0.05) is 104 Å². The van der Waals surface area contributed by atoms with Crippen LogP contribution in [0.4, 0.5) is 15.3 Å². The number of imide groups is 1. The Labute approximate surface area is 575 Å². The molecule has 1 unspecified atom stereocenters. The summed E-state index contributed by atoms with van der Waals surface area (Å²) in [7, 11) is 0.622. The van der Waals surface area contributed by atoms with E-state index in [9.17, 15) is 61.2 Å². The molecule has 0 radical (unpaired) electrons. The zero-order chi connectivity index (χ0) is 72.1. The Balaban J connectivity index is 1.05. The molecule has 1 saturated carbocycles. The standard InChI is InChI=1S/C69H104N12O16S/c1-11-43(6)60(53(95-9)38-57(85)79-35-19-23-52(79)62(96-10)44(7)63(86)74-49(40-98(71,93)94)36-45-20-14-12-15-21-45)78(8)67(90)59(42(4)5)77-66(89)61-47-27-30-50(37-47)81(61)69(92)97-39-46-25-28-48(29-26-46)73-64(87)51(22-18-33-72-68(70)91)75-65(88)58(41(2)3)76-54(82)24-16-13-17-34-80-55(83)31-32-56(80)84/h12,14-15,20-21,25-26,28-29,31-32,41-44,47,49-53,58-62H,11,13,16-19,22-24,27,30,33-40H2,1-10H3,(H,73,87)(H,74,86)(H,75,88)(H,76,82)(H,77,89)(H3,70,72,91)(H2,71,93,94)/t43-,44+,47-,49-,50+,51-,52-,53+,58-,59-,60-,61?,62+/m0/s1. The van der Waals surface area contributed by atoms with Crippen molar-refractivity contribution in [3.63, 3.8) is 0 Å². The number of urea groups is 1. The summed E-state index contributed by atoms with van der Waals surface area (Å²) >= 11 is 0. The van der Waals surface area contributed by atoms with Gasteiger partial charge in [-0.05, 0) is 111 Å². The normalized spacial score (nSPS) is 20.2. The smallest absolute Gasteiger partial charge is 0.411 e. The van der Waals surface area contributed by atoms with Gasteiger partial charge in [-0.3, -0.25) is 53.0 Å². The number of nitrogens with one attached hydrogen (secondary N) is 6. The maximum absolute atomic E-state index is 14.9. The molecule has 2 aromatic carbocycles. The van der Waals surface area contributed by atoms with Crippen molar-refractivity contribution >= 4 is 81.0 Å². The molecule has 28 nitrogen and oxygen atoms in total. The molecule has 0 aromatic heterocycles. The van der Waals surface area contributed by atoms with Crippen molar-refractivity contribution in [3.05, 3.63) is 77.9 Å². The first-order valence-electron chi connectivity index (χ1n) is 34.2. The highest BCUT2D eigenvalue weighted by atomic mass is 32.2. The number of likely N-dealkylation sites (N-methyl/N-ethyl adjacent to an activating group) is 1. The van der Waals surface area contributed by atoms with Crippen LogP contribution in [0.1, 0.15) is 143 Å². The number of sulfonamides is 1. The van der Waals surface area contributed by atoms with Gasteiger partial charge in [-0.15, -0.1) is 0 Å². The van der Waals surface area contributed by atoms with Gasteiger partial charge in [0.15, 0.2) is 0 Å². The van der Waals surface area contributed by atoms with Crippen LogP contribution >= 0.6 is 0 Å². The summed E-state index contributed by atoms with van der Waals surface area (Å²) in [6.07, 6.45) is 5.83. The maximum Gasteiger partial charge on any atom is 0.411 e. The molecule has 2 aromatic rings. The zero-order valence-corrected chi connectivity index (χ0v) is 59.1. The molecule has 1 aliphatic carbocycles. The van der Waals surface area contributed by atoms with E-state index in [-0.39, 0.29) is 99.2 Å². The lowest BCUT2D eigenvalue weighted by molar-refractivity contribution is -0.148. The second-order valence-corrected chi connectivity index (χ2v) is 28.8. The number of fused-ring (bicyclic) bond motifs is 2. The van der Waals surface area contributed by atoms with E-state index in [1.54, 1.807) is 61.9 Å². The Morgan fingerprint density at radius 3 is 2.04 bits per heavy atom. The number of primary amides is 1.